The molecule has 0 saturated carbocycles. The van der Waals surface area contributed by atoms with Crippen LogP contribution >= 0.6 is 11.3 Å². The molecule has 0 bridgehead atoms. The van der Waals surface area contributed by atoms with Crippen LogP contribution in [0.1, 0.15) is 50.9 Å². The SMILES string of the molecule is CC(=O)c1cc(CN2CCC(Oc3ccc(C(=O)NCc4ccncc4)cc3)CC2)cs1. The topological polar surface area (TPSA) is 71.5 Å². The fourth-order valence-corrected chi connectivity index (χ4v) is 4.56. The summed E-state index contributed by atoms with van der Waals surface area (Å²) in [7, 11) is 0. The zero-order valence-corrected chi connectivity index (χ0v) is 18.9. The van der Waals surface area contributed by atoms with Crippen molar-refractivity contribution < 1.29 is 14.3 Å². The number of pyridine rings is 1. The molecule has 6 nitrogen and oxygen atoms in total. The minimum absolute atomic E-state index is 0.108. The van der Waals surface area contributed by atoms with Crippen LogP contribution in [0.3, 0.4) is 0 Å². The maximum Gasteiger partial charge on any atom is 0.251 e. The van der Waals surface area contributed by atoms with Gasteiger partial charge in [-0.2, -0.15) is 0 Å². The molecule has 0 atom stereocenters. The van der Waals surface area contributed by atoms with Crippen LogP contribution in [0.4, 0.5) is 0 Å². The highest BCUT2D eigenvalue weighted by atomic mass is 32.1. The smallest absolute Gasteiger partial charge is 0.251 e. The second-order valence-corrected chi connectivity index (χ2v) is 8.94. The highest BCUT2D eigenvalue weighted by Gasteiger charge is 2.21. The largest absolute Gasteiger partial charge is 0.490 e. The zero-order valence-electron chi connectivity index (χ0n) is 18.1. The van der Waals surface area contributed by atoms with E-state index in [1.165, 1.54) is 16.9 Å². The van der Waals surface area contributed by atoms with Gasteiger partial charge >= 0.3 is 0 Å². The Morgan fingerprint density at radius 3 is 2.47 bits per heavy atom. The number of likely N-dealkylation sites (tertiary alicyclic amines) is 1. The van der Waals surface area contributed by atoms with Gasteiger partial charge in [-0.05, 0) is 78.7 Å². The van der Waals surface area contributed by atoms with E-state index >= 15 is 0 Å². The number of nitrogens with one attached hydrogen (secondary N) is 1. The van der Waals surface area contributed by atoms with Crippen LogP contribution in [-0.2, 0) is 13.1 Å². The minimum atomic E-state index is -0.108. The molecule has 0 spiro atoms. The summed E-state index contributed by atoms with van der Waals surface area (Å²) in [5, 5.41) is 4.99. The molecule has 1 amide bonds. The van der Waals surface area contributed by atoms with E-state index in [9.17, 15) is 9.59 Å². The highest BCUT2D eigenvalue weighted by Crippen LogP contribution is 2.22. The molecule has 0 aliphatic carbocycles. The lowest BCUT2D eigenvalue weighted by Gasteiger charge is -2.32. The molecule has 1 aromatic carbocycles. The van der Waals surface area contributed by atoms with Crippen molar-refractivity contribution in [3.8, 4) is 5.75 Å². The first-order valence-corrected chi connectivity index (χ1v) is 11.7. The quantitative estimate of drug-likeness (QED) is 0.519. The summed E-state index contributed by atoms with van der Waals surface area (Å²) in [5.41, 5.74) is 2.83. The Balaban J connectivity index is 1.22. The van der Waals surface area contributed by atoms with Gasteiger partial charge in [0.05, 0.1) is 4.88 Å². The monoisotopic (exact) mass is 449 g/mol. The second kappa shape index (κ2) is 10.5. The summed E-state index contributed by atoms with van der Waals surface area (Å²) in [4.78, 5) is 31.0. The van der Waals surface area contributed by atoms with Crippen molar-refractivity contribution in [2.45, 2.75) is 39.0 Å². The first kappa shape index (κ1) is 22.2. The average Bonchev–Trinajstić information content (AvgIpc) is 3.29. The maximum atomic E-state index is 12.4. The van der Waals surface area contributed by atoms with Crippen LogP contribution in [0.2, 0.25) is 0 Å². The van der Waals surface area contributed by atoms with Crippen molar-refractivity contribution in [1.82, 2.24) is 15.2 Å². The summed E-state index contributed by atoms with van der Waals surface area (Å²) >= 11 is 1.52. The molecular weight excluding hydrogens is 422 g/mol. The molecule has 7 heteroatoms. The third-order valence-electron chi connectivity index (χ3n) is 5.56. The van der Waals surface area contributed by atoms with Crippen molar-refractivity contribution in [2.24, 2.45) is 0 Å². The summed E-state index contributed by atoms with van der Waals surface area (Å²) < 4.78 is 6.15. The number of rotatable bonds is 8. The molecule has 0 unspecified atom stereocenters. The van der Waals surface area contributed by atoms with Crippen molar-refractivity contribution in [3.63, 3.8) is 0 Å². The van der Waals surface area contributed by atoms with Gasteiger partial charge in [0.15, 0.2) is 5.78 Å². The van der Waals surface area contributed by atoms with Gasteiger partial charge in [-0.15, -0.1) is 11.3 Å². The lowest BCUT2D eigenvalue weighted by atomic mass is 10.1. The highest BCUT2D eigenvalue weighted by molar-refractivity contribution is 7.12. The van der Waals surface area contributed by atoms with Crippen LogP contribution in [0, 0.1) is 0 Å². The summed E-state index contributed by atoms with van der Waals surface area (Å²) in [6.45, 7) is 4.89. The second-order valence-electron chi connectivity index (χ2n) is 8.03. The molecule has 1 saturated heterocycles. The number of ether oxygens (including phenoxy) is 1. The molecule has 1 N–H and O–H groups in total. The van der Waals surface area contributed by atoms with Gasteiger partial charge in [-0.1, -0.05) is 0 Å². The normalized spacial score (nSPS) is 14.8. The zero-order chi connectivity index (χ0) is 22.3. The molecule has 3 heterocycles. The molecule has 1 fully saturated rings. The van der Waals surface area contributed by atoms with Gasteiger partial charge in [0.1, 0.15) is 11.9 Å². The number of benzene rings is 1. The number of hydrogen-bond acceptors (Lipinski definition) is 6. The van der Waals surface area contributed by atoms with Crippen LogP contribution in [0.15, 0.2) is 60.2 Å². The fourth-order valence-electron chi connectivity index (χ4n) is 3.75. The van der Waals surface area contributed by atoms with Gasteiger partial charge in [-0.25, -0.2) is 0 Å². The first-order chi connectivity index (χ1) is 15.6. The summed E-state index contributed by atoms with van der Waals surface area (Å²) in [6, 6.07) is 13.1. The number of carbonyl (C=O) groups excluding carboxylic acids is 2. The van der Waals surface area contributed by atoms with Gasteiger partial charge in [0.25, 0.3) is 5.91 Å². The maximum absolute atomic E-state index is 12.4. The van der Waals surface area contributed by atoms with E-state index in [1.807, 2.05) is 30.3 Å². The van der Waals surface area contributed by atoms with E-state index in [0.717, 1.165) is 48.7 Å². The number of amides is 1. The van der Waals surface area contributed by atoms with Crippen LogP contribution in [-0.4, -0.2) is 40.8 Å². The predicted molar refractivity (Wildman–Crippen MR) is 125 cm³/mol. The number of carbonyl (C=O) groups is 2. The number of hydrogen-bond donors (Lipinski definition) is 1. The molecule has 1 aliphatic heterocycles. The lowest BCUT2D eigenvalue weighted by Crippen LogP contribution is -2.37. The third-order valence-corrected chi connectivity index (χ3v) is 6.64. The Labute approximate surface area is 192 Å². The number of nitrogens with zero attached hydrogens (tertiary/aromatic N) is 2. The predicted octanol–water partition coefficient (Wildman–Crippen LogP) is 4.32. The molecule has 3 aromatic rings. The molecule has 32 heavy (non-hydrogen) atoms. The average molecular weight is 450 g/mol. The summed E-state index contributed by atoms with van der Waals surface area (Å²) in [6.07, 6.45) is 5.51. The first-order valence-electron chi connectivity index (χ1n) is 10.8. The number of aromatic nitrogens is 1. The van der Waals surface area contributed by atoms with Gasteiger partial charge < -0.3 is 10.1 Å². The molecule has 0 radical (unpaired) electrons. The molecule has 2 aromatic heterocycles. The fraction of sp³-hybridized carbons (Fsp3) is 0.320. The van der Waals surface area contributed by atoms with Crippen molar-refractivity contribution in [1.29, 1.82) is 0 Å². The van der Waals surface area contributed by atoms with Crippen LogP contribution in [0.5, 0.6) is 5.75 Å². The number of ketones is 1. The molecule has 166 valence electrons. The Hall–Kier alpha value is -3.03. The Kier molecular flexibility index (Phi) is 7.29. The van der Waals surface area contributed by atoms with E-state index in [4.69, 9.17) is 4.74 Å². The van der Waals surface area contributed by atoms with E-state index in [2.05, 4.69) is 20.6 Å². The van der Waals surface area contributed by atoms with E-state index in [1.54, 1.807) is 31.5 Å². The van der Waals surface area contributed by atoms with Crippen LogP contribution < -0.4 is 10.1 Å². The van der Waals surface area contributed by atoms with E-state index < -0.39 is 0 Å². The van der Waals surface area contributed by atoms with Gasteiger partial charge in [0, 0.05) is 44.1 Å². The number of Topliss-reactive ketones (excluding diaryl/α,β-unsaturated/α-hetero) is 1. The Morgan fingerprint density at radius 1 is 1.09 bits per heavy atom. The number of piperidine rings is 1. The lowest BCUT2D eigenvalue weighted by molar-refractivity contribution is 0.0947. The molecule has 1 aliphatic rings. The van der Waals surface area contributed by atoms with Crippen LogP contribution in [0.25, 0.3) is 0 Å². The standard InChI is InChI=1S/C25H27N3O3S/c1-18(29)24-14-20(17-32-24)16-28-12-8-23(9-13-28)31-22-4-2-21(3-5-22)25(30)27-15-19-6-10-26-11-7-19/h2-7,10-11,14,17,23H,8-9,12-13,15-16H2,1H3,(H,27,30). The number of thiophene rings is 1. The Morgan fingerprint density at radius 2 is 1.81 bits per heavy atom. The van der Waals surface area contributed by atoms with Crippen molar-refractivity contribution in [2.75, 3.05) is 13.1 Å². The molecular formula is C25H27N3O3S. The van der Waals surface area contributed by atoms with Crippen molar-refractivity contribution >= 4 is 23.0 Å². The summed E-state index contributed by atoms with van der Waals surface area (Å²) in [5.74, 6) is 0.812. The van der Waals surface area contributed by atoms with Crippen molar-refractivity contribution in [3.05, 3.63) is 81.8 Å². The molecule has 4 rings (SSSR count). The van der Waals surface area contributed by atoms with Gasteiger partial charge in [-0.3, -0.25) is 19.5 Å². The minimum Gasteiger partial charge on any atom is -0.490 e. The Bertz CT molecular complexity index is 1040. The third kappa shape index (κ3) is 6.02. The van der Waals surface area contributed by atoms with E-state index in [-0.39, 0.29) is 17.8 Å². The van der Waals surface area contributed by atoms with E-state index in [0.29, 0.717) is 12.1 Å². The van der Waals surface area contributed by atoms with Gasteiger partial charge in [0.2, 0.25) is 0 Å².